The van der Waals surface area contributed by atoms with Crippen LogP contribution in [-0.2, 0) is 20.8 Å². The van der Waals surface area contributed by atoms with Gasteiger partial charge >= 0.3 is 0 Å². The molecule has 0 aliphatic carbocycles. The lowest BCUT2D eigenvalue weighted by atomic mass is 10.0. The average Bonchev–Trinajstić information content (AvgIpc) is 3.15. The van der Waals surface area contributed by atoms with Gasteiger partial charge in [0, 0.05) is 13.1 Å². The van der Waals surface area contributed by atoms with Crippen molar-refractivity contribution < 1.29 is 14.3 Å². The molecule has 24 heavy (non-hydrogen) atoms. The average molecular weight is 332 g/mol. The van der Waals surface area contributed by atoms with E-state index in [-0.39, 0.29) is 18.2 Å². The summed E-state index contributed by atoms with van der Waals surface area (Å²) in [5, 5.41) is 0. The summed E-state index contributed by atoms with van der Waals surface area (Å²) in [6, 6.07) is 10.4. The maximum atomic E-state index is 12.8. The quantitative estimate of drug-likeness (QED) is 0.801. The van der Waals surface area contributed by atoms with Gasteiger partial charge in [0.15, 0.2) is 6.29 Å². The van der Waals surface area contributed by atoms with Gasteiger partial charge in [-0.3, -0.25) is 9.69 Å². The standard InChI is InChI=1S/C19H28N2O3/c1-2-20(14-16-8-4-3-5-9-16)18(22)15-21-11-7-6-10-17(21)19-23-12-13-24-19/h3-5,8-9,17,19H,2,6-7,10-15H2,1H3. The largest absolute Gasteiger partial charge is 0.349 e. The van der Waals surface area contributed by atoms with Crippen LogP contribution in [0.5, 0.6) is 0 Å². The van der Waals surface area contributed by atoms with Crippen LogP contribution in [0.15, 0.2) is 30.3 Å². The molecular weight excluding hydrogens is 304 g/mol. The number of likely N-dealkylation sites (N-methyl/N-ethyl adjacent to an activating group) is 1. The number of carbonyl (C=O) groups is 1. The van der Waals surface area contributed by atoms with Gasteiger partial charge in [-0.25, -0.2) is 0 Å². The van der Waals surface area contributed by atoms with Crippen molar-refractivity contribution in [2.24, 2.45) is 0 Å². The first-order chi connectivity index (χ1) is 11.8. The number of carbonyl (C=O) groups excluding carboxylic acids is 1. The van der Waals surface area contributed by atoms with Crippen molar-refractivity contribution in [3.8, 4) is 0 Å². The lowest BCUT2D eigenvalue weighted by Gasteiger charge is -2.38. The predicted molar refractivity (Wildman–Crippen MR) is 92.4 cm³/mol. The van der Waals surface area contributed by atoms with E-state index >= 15 is 0 Å². The van der Waals surface area contributed by atoms with Crippen molar-refractivity contribution in [1.29, 1.82) is 0 Å². The molecule has 2 fully saturated rings. The van der Waals surface area contributed by atoms with E-state index in [1.807, 2.05) is 30.0 Å². The van der Waals surface area contributed by atoms with E-state index in [1.165, 1.54) is 12.0 Å². The molecule has 1 atom stereocenters. The minimum absolute atomic E-state index is 0.165. The van der Waals surface area contributed by atoms with Crippen molar-refractivity contribution in [2.45, 2.75) is 45.1 Å². The first-order valence-electron chi connectivity index (χ1n) is 9.07. The Balaban J connectivity index is 1.60. The van der Waals surface area contributed by atoms with E-state index in [2.05, 4.69) is 17.0 Å². The number of likely N-dealkylation sites (tertiary alicyclic amines) is 1. The normalized spacial score (nSPS) is 22.6. The first kappa shape index (κ1) is 17.4. The molecule has 1 aromatic rings. The Morgan fingerprint density at radius 1 is 1.21 bits per heavy atom. The highest BCUT2D eigenvalue weighted by molar-refractivity contribution is 5.78. The number of rotatable bonds is 6. The van der Waals surface area contributed by atoms with Crippen LogP contribution in [0.1, 0.15) is 31.7 Å². The van der Waals surface area contributed by atoms with Crippen LogP contribution in [0, 0.1) is 0 Å². The molecule has 2 aliphatic rings. The zero-order chi connectivity index (χ0) is 16.8. The number of hydrogen-bond acceptors (Lipinski definition) is 4. The van der Waals surface area contributed by atoms with Crippen molar-refractivity contribution in [3.63, 3.8) is 0 Å². The summed E-state index contributed by atoms with van der Waals surface area (Å²) in [5.41, 5.74) is 1.17. The fourth-order valence-electron chi connectivity index (χ4n) is 3.57. The summed E-state index contributed by atoms with van der Waals surface area (Å²) in [4.78, 5) is 17.0. The van der Waals surface area contributed by atoms with Gasteiger partial charge < -0.3 is 14.4 Å². The van der Waals surface area contributed by atoms with Gasteiger partial charge in [-0.15, -0.1) is 0 Å². The zero-order valence-electron chi connectivity index (χ0n) is 14.5. The lowest BCUT2D eigenvalue weighted by Crippen LogP contribution is -2.51. The molecule has 0 N–H and O–H groups in total. The van der Waals surface area contributed by atoms with Gasteiger partial charge in [0.2, 0.25) is 5.91 Å². The van der Waals surface area contributed by atoms with Crippen LogP contribution in [0.4, 0.5) is 0 Å². The molecule has 132 valence electrons. The molecule has 5 heteroatoms. The highest BCUT2D eigenvalue weighted by Gasteiger charge is 2.35. The topological polar surface area (TPSA) is 42.0 Å². The van der Waals surface area contributed by atoms with Crippen molar-refractivity contribution >= 4 is 5.91 Å². The Hall–Kier alpha value is -1.43. The zero-order valence-corrected chi connectivity index (χ0v) is 14.5. The molecule has 2 aliphatic heterocycles. The Morgan fingerprint density at radius 2 is 1.96 bits per heavy atom. The van der Waals surface area contributed by atoms with Gasteiger partial charge in [-0.1, -0.05) is 36.8 Å². The fourth-order valence-corrected chi connectivity index (χ4v) is 3.57. The summed E-state index contributed by atoms with van der Waals surface area (Å²) >= 11 is 0. The van der Waals surface area contributed by atoms with Crippen molar-refractivity contribution in [1.82, 2.24) is 9.80 Å². The summed E-state index contributed by atoms with van der Waals surface area (Å²) < 4.78 is 11.4. The van der Waals surface area contributed by atoms with Gasteiger partial charge in [-0.05, 0) is 31.9 Å². The van der Waals surface area contributed by atoms with Gasteiger partial charge in [0.25, 0.3) is 0 Å². The Labute approximate surface area is 144 Å². The number of nitrogens with zero attached hydrogens (tertiary/aromatic N) is 2. The van der Waals surface area contributed by atoms with Crippen LogP contribution < -0.4 is 0 Å². The molecule has 0 spiro atoms. The highest BCUT2D eigenvalue weighted by Crippen LogP contribution is 2.24. The molecule has 1 unspecified atom stereocenters. The predicted octanol–water partition coefficient (Wildman–Crippen LogP) is 2.26. The van der Waals surface area contributed by atoms with E-state index in [9.17, 15) is 4.79 Å². The third kappa shape index (κ3) is 4.35. The smallest absolute Gasteiger partial charge is 0.237 e. The molecule has 3 rings (SSSR count). The Morgan fingerprint density at radius 3 is 2.67 bits per heavy atom. The fraction of sp³-hybridized carbons (Fsp3) is 0.632. The van der Waals surface area contributed by atoms with E-state index in [1.54, 1.807) is 0 Å². The third-order valence-corrected chi connectivity index (χ3v) is 4.92. The van der Waals surface area contributed by atoms with Crippen molar-refractivity contribution in [3.05, 3.63) is 35.9 Å². The SMILES string of the molecule is CCN(Cc1ccccc1)C(=O)CN1CCCCC1C1OCCO1. The summed E-state index contributed by atoms with van der Waals surface area (Å²) in [7, 11) is 0. The number of amides is 1. The number of piperidine rings is 1. The maximum Gasteiger partial charge on any atom is 0.237 e. The van der Waals surface area contributed by atoms with Gasteiger partial charge in [0.05, 0.1) is 25.8 Å². The summed E-state index contributed by atoms with van der Waals surface area (Å²) in [6.45, 7) is 6.17. The van der Waals surface area contributed by atoms with Crippen molar-refractivity contribution in [2.75, 3.05) is 32.8 Å². The lowest BCUT2D eigenvalue weighted by molar-refractivity contribution is -0.140. The second-order valence-corrected chi connectivity index (χ2v) is 6.54. The number of ether oxygens (including phenoxy) is 2. The number of benzene rings is 1. The molecule has 1 aromatic carbocycles. The van der Waals surface area contributed by atoms with Crippen LogP contribution >= 0.6 is 0 Å². The van der Waals surface area contributed by atoms with Crippen LogP contribution in [0.3, 0.4) is 0 Å². The molecule has 2 saturated heterocycles. The first-order valence-corrected chi connectivity index (χ1v) is 9.07. The molecule has 5 nitrogen and oxygen atoms in total. The molecule has 0 saturated carbocycles. The molecule has 1 amide bonds. The van der Waals surface area contributed by atoms with Gasteiger partial charge in [-0.2, -0.15) is 0 Å². The molecule has 0 bridgehead atoms. The van der Waals surface area contributed by atoms with Gasteiger partial charge in [0.1, 0.15) is 0 Å². The second-order valence-electron chi connectivity index (χ2n) is 6.54. The summed E-state index contributed by atoms with van der Waals surface area (Å²) in [6.07, 6.45) is 3.20. The molecule has 0 aromatic heterocycles. The monoisotopic (exact) mass is 332 g/mol. The summed E-state index contributed by atoms with van der Waals surface area (Å²) in [5.74, 6) is 0.186. The second kappa shape index (κ2) is 8.60. The Bertz CT molecular complexity index is 517. The van der Waals surface area contributed by atoms with E-state index in [0.29, 0.717) is 26.3 Å². The van der Waals surface area contributed by atoms with Crippen LogP contribution in [0.2, 0.25) is 0 Å². The molecular formula is C19H28N2O3. The maximum absolute atomic E-state index is 12.8. The minimum atomic E-state index is -0.165. The molecule has 2 heterocycles. The van der Waals surface area contributed by atoms with E-state index < -0.39 is 0 Å². The third-order valence-electron chi connectivity index (χ3n) is 4.92. The molecule has 0 radical (unpaired) electrons. The van der Waals surface area contributed by atoms with E-state index in [0.717, 1.165) is 25.9 Å². The van der Waals surface area contributed by atoms with Crippen LogP contribution in [-0.4, -0.2) is 60.9 Å². The number of hydrogen-bond donors (Lipinski definition) is 0. The van der Waals surface area contributed by atoms with E-state index in [4.69, 9.17) is 9.47 Å². The van der Waals surface area contributed by atoms with Crippen LogP contribution in [0.25, 0.3) is 0 Å². The highest BCUT2D eigenvalue weighted by atomic mass is 16.7. The Kier molecular flexibility index (Phi) is 6.24. The minimum Gasteiger partial charge on any atom is -0.349 e.